The monoisotopic (exact) mass is 474 g/mol. The van der Waals surface area contributed by atoms with Gasteiger partial charge in [0.1, 0.15) is 11.8 Å². The Morgan fingerprint density at radius 1 is 1.21 bits per heavy atom. The topological polar surface area (TPSA) is 117 Å². The number of nitriles is 1. The summed E-state index contributed by atoms with van der Waals surface area (Å²) in [7, 11) is 1.45. The fraction of sp³-hybridized carbons (Fsp3) is 0.0800. The van der Waals surface area contributed by atoms with E-state index in [1.165, 1.54) is 36.5 Å². The molecule has 4 aromatic rings. The molecule has 1 atom stereocenters. The first-order valence-electron chi connectivity index (χ1n) is 10.0. The maximum absolute atomic E-state index is 13.6. The van der Waals surface area contributed by atoms with Gasteiger partial charge in [-0.3, -0.25) is 14.5 Å². The molecular weight excluding hydrogens is 460 g/mol. The summed E-state index contributed by atoms with van der Waals surface area (Å²) in [5.74, 6) is -1.71. The maximum atomic E-state index is 13.6. The van der Waals surface area contributed by atoms with E-state index in [-0.39, 0.29) is 17.1 Å². The molecule has 3 heterocycles. The second-order valence-corrected chi connectivity index (χ2v) is 7.92. The molecule has 9 heteroatoms. The van der Waals surface area contributed by atoms with Crippen molar-refractivity contribution in [1.29, 1.82) is 5.26 Å². The van der Waals surface area contributed by atoms with Crippen molar-refractivity contribution in [2.24, 2.45) is 0 Å². The van der Waals surface area contributed by atoms with Gasteiger partial charge in [0.05, 0.1) is 30.6 Å². The average Bonchev–Trinajstić information content (AvgIpc) is 3.57. The highest BCUT2D eigenvalue weighted by molar-refractivity contribution is 6.31. The van der Waals surface area contributed by atoms with Gasteiger partial charge < -0.3 is 18.7 Å². The minimum atomic E-state index is -1.05. The third-order valence-electron chi connectivity index (χ3n) is 5.53. The Morgan fingerprint density at radius 2 is 1.97 bits per heavy atom. The minimum Gasteiger partial charge on any atom is -0.503 e. The summed E-state index contributed by atoms with van der Waals surface area (Å²) in [6.45, 7) is 0. The zero-order valence-corrected chi connectivity index (χ0v) is 18.4. The van der Waals surface area contributed by atoms with Gasteiger partial charge in [-0.2, -0.15) is 5.26 Å². The molecule has 34 heavy (non-hydrogen) atoms. The lowest BCUT2D eigenvalue weighted by Gasteiger charge is -2.24. The number of hydrogen-bond donors (Lipinski definition) is 1. The number of anilines is 1. The zero-order chi connectivity index (χ0) is 24.0. The molecule has 1 N–H and O–H groups in total. The van der Waals surface area contributed by atoms with Crippen molar-refractivity contribution < 1.29 is 28.3 Å². The van der Waals surface area contributed by atoms with E-state index in [0.717, 1.165) is 0 Å². The Kier molecular flexibility index (Phi) is 5.11. The minimum absolute atomic E-state index is 0.108. The van der Waals surface area contributed by atoms with Crippen LogP contribution < -0.4 is 9.64 Å². The summed E-state index contributed by atoms with van der Waals surface area (Å²) in [6, 6.07) is 15.0. The van der Waals surface area contributed by atoms with Crippen molar-refractivity contribution in [3.8, 4) is 11.8 Å². The van der Waals surface area contributed by atoms with Crippen LogP contribution in [0.15, 0.2) is 81.0 Å². The number of methoxy groups -OCH3 is 1. The summed E-state index contributed by atoms with van der Waals surface area (Å²) in [4.78, 5) is 28.0. The van der Waals surface area contributed by atoms with Crippen molar-refractivity contribution in [2.75, 3.05) is 12.0 Å². The molecule has 0 saturated heterocycles. The molecule has 1 aliphatic heterocycles. The quantitative estimate of drug-likeness (QED) is 0.388. The van der Waals surface area contributed by atoms with E-state index >= 15 is 0 Å². The van der Waals surface area contributed by atoms with Gasteiger partial charge in [-0.1, -0.05) is 11.6 Å². The zero-order valence-electron chi connectivity index (χ0n) is 17.6. The summed E-state index contributed by atoms with van der Waals surface area (Å²) < 4.78 is 16.6. The Bertz CT molecular complexity index is 1510. The third-order valence-corrected chi connectivity index (χ3v) is 5.75. The molecule has 0 aliphatic carbocycles. The molecule has 5 rings (SSSR count). The van der Waals surface area contributed by atoms with E-state index in [1.807, 2.05) is 6.07 Å². The largest absolute Gasteiger partial charge is 0.503 e. The number of benzene rings is 2. The van der Waals surface area contributed by atoms with Gasteiger partial charge in [0, 0.05) is 22.2 Å². The molecule has 0 radical (unpaired) electrons. The number of hydrogen-bond acceptors (Lipinski definition) is 7. The lowest BCUT2D eigenvalue weighted by Crippen LogP contribution is -2.30. The molecule has 168 valence electrons. The fourth-order valence-corrected chi connectivity index (χ4v) is 4.21. The van der Waals surface area contributed by atoms with Crippen LogP contribution in [0.2, 0.25) is 5.02 Å². The van der Waals surface area contributed by atoms with Crippen molar-refractivity contribution in [3.63, 3.8) is 0 Å². The Labute approximate surface area is 197 Å². The standard InChI is InChI=1S/C25H15ClN2O6/c1-32-19-11-15(26)9-14-10-18(34-24(14)19)22(29)20-21(17-3-2-8-33-17)28(25(31)23(20)30)16-6-4-13(12-27)5-7-16/h2-11,21,30H,1H3. The second kappa shape index (κ2) is 8.14. The second-order valence-electron chi connectivity index (χ2n) is 7.48. The third kappa shape index (κ3) is 3.31. The van der Waals surface area contributed by atoms with Crippen LogP contribution in [0.1, 0.15) is 27.9 Å². The maximum Gasteiger partial charge on any atom is 0.294 e. The molecule has 2 aromatic heterocycles. The van der Waals surface area contributed by atoms with E-state index in [0.29, 0.717) is 33.0 Å². The van der Waals surface area contributed by atoms with Crippen LogP contribution in [0, 0.1) is 11.3 Å². The number of amides is 1. The molecule has 0 saturated carbocycles. The van der Waals surface area contributed by atoms with Crippen molar-refractivity contribution in [2.45, 2.75) is 6.04 Å². The van der Waals surface area contributed by atoms with Gasteiger partial charge >= 0.3 is 0 Å². The van der Waals surface area contributed by atoms with Gasteiger partial charge in [0.15, 0.2) is 22.9 Å². The van der Waals surface area contributed by atoms with E-state index in [4.69, 9.17) is 30.4 Å². The normalized spacial score (nSPS) is 15.7. The first-order valence-corrected chi connectivity index (χ1v) is 10.4. The number of ether oxygens (including phenoxy) is 1. The van der Waals surface area contributed by atoms with Gasteiger partial charge in [0.25, 0.3) is 5.91 Å². The molecule has 1 amide bonds. The molecule has 0 spiro atoms. The summed E-state index contributed by atoms with van der Waals surface area (Å²) in [5, 5.41) is 20.8. The van der Waals surface area contributed by atoms with Crippen LogP contribution in [0.25, 0.3) is 11.0 Å². The number of nitrogens with zero attached hydrogens (tertiary/aromatic N) is 2. The molecule has 0 fully saturated rings. The molecule has 0 bridgehead atoms. The number of rotatable bonds is 5. The van der Waals surface area contributed by atoms with E-state index in [2.05, 4.69) is 0 Å². The van der Waals surface area contributed by atoms with Crippen LogP contribution in [0.5, 0.6) is 5.75 Å². The Morgan fingerprint density at radius 3 is 2.62 bits per heavy atom. The summed E-state index contributed by atoms with van der Waals surface area (Å²) in [6.07, 6.45) is 1.41. The number of furan rings is 2. The van der Waals surface area contributed by atoms with E-state index < -0.39 is 23.5 Å². The van der Waals surface area contributed by atoms with Gasteiger partial charge in [-0.05, 0) is 48.5 Å². The molecular formula is C25H15ClN2O6. The molecule has 1 unspecified atom stereocenters. The summed E-state index contributed by atoms with van der Waals surface area (Å²) >= 11 is 6.12. The highest BCUT2D eigenvalue weighted by Gasteiger charge is 2.46. The van der Waals surface area contributed by atoms with E-state index in [9.17, 15) is 14.7 Å². The first kappa shape index (κ1) is 21.4. The predicted octanol–water partition coefficient (Wildman–Crippen LogP) is 5.34. The molecule has 1 aliphatic rings. The number of fused-ring (bicyclic) bond motifs is 1. The number of carbonyl (C=O) groups is 2. The van der Waals surface area contributed by atoms with Crippen LogP contribution in [-0.4, -0.2) is 23.9 Å². The SMILES string of the molecule is COc1cc(Cl)cc2cc(C(=O)C3=C(O)C(=O)N(c4ccc(C#N)cc4)C3c3ccco3)oc12. The average molecular weight is 475 g/mol. The van der Waals surface area contributed by atoms with Gasteiger partial charge in [0.2, 0.25) is 5.78 Å². The first-order chi connectivity index (χ1) is 16.4. The van der Waals surface area contributed by atoms with Crippen molar-refractivity contribution in [3.05, 3.63) is 94.3 Å². The fourth-order valence-electron chi connectivity index (χ4n) is 4.00. The van der Waals surface area contributed by atoms with Crippen LogP contribution in [0.4, 0.5) is 5.69 Å². The Hall–Kier alpha value is -4.48. The molecule has 8 nitrogen and oxygen atoms in total. The highest BCUT2D eigenvalue weighted by Crippen LogP contribution is 2.43. The number of aliphatic hydroxyl groups excluding tert-OH is 1. The van der Waals surface area contributed by atoms with Crippen LogP contribution in [-0.2, 0) is 4.79 Å². The smallest absolute Gasteiger partial charge is 0.294 e. The van der Waals surface area contributed by atoms with Gasteiger partial charge in [-0.15, -0.1) is 0 Å². The van der Waals surface area contributed by atoms with Crippen molar-refractivity contribution in [1.82, 2.24) is 0 Å². The van der Waals surface area contributed by atoms with Gasteiger partial charge in [-0.25, -0.2) is 0 Å². The highest BCUT2D eigenvalue weighted by atomic mass is 35.5. The number of aliphatic hydroxyl groups is 1. The number of halogens is 1. The summed E-state index contributed by atoms with van der Waals surface area (Å²) in [5.41, 5.74) is 0.873. The predicted molar refractivity (Wildman–Crippen MR) is 122 cm³/mol. The number of Topliss-reactive ketones (excluding diaryl/α,β-unsaturated/α-hetero) is 1. The molecule has 2 aromatic carbocycles. The van der Waals surface area contributed by atoms with Crippen LogP contribution in [0.3, 0.4) is 0 Å². The number of ketones is 1. The van der Waals surface area contributed by atoms with Crippen molar-refractivity contribution >= 4 is 39.9 Å². The number of carbonyl (C=O) groups excluding carboxylic acids is 2. The lowest BCUT2D eigenvalue weighted by atomic mass is 9.99. The Balaban J connectivity index is 1.63. The lowest BCUT2D eigenvalue weighted by molar-refractivity contribution is -0.117. The van der Waals surface area contributed by atoms with Crippen LogP contribution >= 0.6 is 11.6 Å². The van der Waals surface area contributed by atoms with E-state index in [1.54, 1.807) is 36.4 Å².